The third kappa shape index (κ3) is 7.08. The summed E-state index contributed by atoms with van der Waals surface area (Å²) in [5.41, 5.74) is 1.25. The zero-order valence-corrected chi connectivity index (χ0v) is 15.5. The molecule has 1 N–H and O–H groups in total. The van der Waals surface area contributed by atoms with Crippen molar-refractivity contribution in [3.63, 3.8) is 0 Å². The van der Waals surface area contributed by atoms with Crippen LogP contribution < -0.4 is 0 Å². The molecule has 20 heavy (non-hydrogen) atoms. The molecule has 1 rings (SSSR count). The molecule has 1 aliphatic carbocycles. The molecule has 2 heteroatoms. The molecule has 1 saturated carbocycles. The van der Waals surface area contributed by atoms with Crippen LogP contribution in [0.3, 0.4) is 0 Å². The molecule has 0 spiro atoms. The molecular formula is C18H39NO. The highest BCUT2D eigenvalue weighted by Crippen LogP contribution is 2.42. The molecule has 0 bridgehead atoms. The minimum Gasteiger partial charge on any atom is -0.870 e. The SMILES string of the molecule is CC(C)(C)C[N+](CC(C)(C)C)(CC(C)(C)C)C1CC1.[OH-]. The zero-order valence-electron chi connectivity index (χ0n) is 15.5. The molecule has 0 aromatic heterocycles. The van der Waals surface area contributed by atoms with Crippen molar-refractivity contribution in [1.29, 1.82) is 0 Å². The van der Waals surface area contributed by atoms with Crippen molar-refractivity contribution in [2.24, 2.45) is 16.2 Å². The van der Waals surface area contributed by atoms with Crippen molar-refractivity contribution in [1.82, 2.24) is 0 Å². The van der Waals surface area contributed by atoms with Gasteiger partial charge in [0, 0.05) is 29.1 Å². The van der Waals surface area contributed by atoms with Gasteiger partial charge in [0.2, 0.25) is 0 Å². The van der Waals surface area contributed by atoms with Crippen LogP contribution in [0.25, 0.3) is 0 Å². The first-order chi connectivity index (χ1) is 8.23. The fraction of sp³-hybridized carbons (Fsp3) is 1.00. The van der Waals surface area contributed by atoms with Crippen molar-refractivity contribution in [2.75, 3.05) is 19.6 Å². The van der Waals surface area contributed by atoms with Gasteiger partial charge in [0.1, 0.15) is 0 Å². The van der Waals surface area contributed by atoms with Crippen LogP contribution in [-0.4, -0.2) is 35.6 Å². The van der Waals surface area contributed by atoms with Crippen molar-refractivity contribution < 1.29 is 9.96 Å². The lowest BCUT2D eigenvalue weighted by Gasteiger charge is -2.49. The highest BCUT2D eigenvalue weighted by molar-refractivity contribution is 4.82. The minimum atomic E-state index is 0. The molecule has 0 saturated heterocycles. The molecule has 122 valence electrons. The molecule has 0 aliphatic heterocycles. The van der Waals surface area contributed by atoms with Crippen molar-refractivity contribution >= 4 is 0 Å². The highest BCUT2D eigenvalue weighted by atomic mass is 16.0. The van der Waals surface area contributed by atoms with Gasteiger partial charge in [-0.3, -0.25) is 0 Å². The van der Waals surface area contributed by atoms with Crippen molar-refractivity contribution in [3.8, 4) is 0 Å². The Morgan fingerprint density at radius 1 is 0.650 bits per heavy atom. The van der Waals surface area contributed by atoms with E-state index in [4.69, 9.17) is 0 Å². The Labute approximate surface area is 127 Å². The summed E-state index contributed by atoms with van der Waals surface area (Å²) < 4.78 is 1.34. The third-order valence-corrected chi connectivity index (χ3v) is 3.69. The van der Waals surface area contributed by atoms with Crippen LogP contribution >= 0.6 is 0 Å². The van der Waals surface area contributed by atoms with E-state index in [1.54, 1.807) is 0 Å². The van der Waals surface area contributed by atoms with Gasteiger partial charge >= 0.3 is 0 Å². The van der Waals surface area contributed by atoms with Gasteiger partial charge in [-0.15, -0.1) is 0 Å². The van der Waals surface area contributed by atoms with E-state index in [-0.39, 0.29) is 5.48 Å². The summed E-state index contributed by atoms with van der Waals surface area (Å²) in [6, 6.07) is 0.928. The Balaban J connectivity index is 0.00000361. The summed E-state index contributed by atoms with van der Waals surface area (Å²) in [6.45, 7) is 25.7. The number of nitrogens with zero attached hydrogens (tertiary/aromatic N) is 1. The van der Waals surface area contributed by atoms with E-state index in [1.165, 1.54) is 37.0 Å². The molecule has 1 fully saturated rings. The van der Waals surface area contributed by atoms with Gasteiger partial charge < -0.3 is 9.96 Å². The summed E-state index contributed by atoms with van der Waals surface area (Å²) in [5, 5.41) is 0. The second-order valence-electron chi connectivity index (χ2n) is 10.6. The van der Waals surface area contributed by atoms with Gasteiger partial charge in [0.15, 0.2) is 0 Å². The van der Waals surface area contributed by atoms with Gasteiger partial charge in [-0.2, -0.15) is 0 Å². The van der Waals surface area contributed by atoms with Crippen molar-refractivity contribution in [3.05, 3.63) is 0 Å². The topological polar surface area (TPSA) is 30.0 Å². The molecule has 0 aromatic carbocycles. The summed E-state index contributed by atoms with van der Waals surface area (Å²) in [7, 11) is 0. The molecular weight excluding hydrogens is 246 g/mol. The van der Waals surface area contributed by atoms with Crippen LogP contribution in [0, 0.1) is 16.2 Å². The minimum absolute atomic E-state index is 0. The predicted molar refractivity (Wildman–Crippen MR) is 88.2 cm³/mol. The average Bonchev–Trinajstić information content (AvgIpc) is 2.70. The Morgan fingerprint density at radius 2 is 0.900 bits per heavy atom. The van der Waals surface area contributed by atoms with E-state index in [9.17, 15) is 0 Å². The van der Waals surface area contributed by atoms with Crippen LogP contribution in [-0.2, 0) is 0 Å². The van der Waals surface area contributed by atoms with Crippen LogP contribution in [0.2, 0.25) is 0 Å². The van der Waals surface area contributed by atoms with E-state index in [2.05, 4.69) is 62.3 Å². The molecule has 0 heterocycles. The Kier molecular flexibility index (Phi) is 5.94. The smallest absolute Gasteiger partial charge is 0.0895 e. The summed E-state index contributed by atoms with van der Waals surface area (Å²) >= 11 is 0. The first kappa shape index (κ1) is 19.9. The normalized spacial score (nSPS) is 17.9. The van der Waals surface area contributed by atoms with Crippen LogP contribution in [0.1, 0.15) is 75.2 Å². The second kappa shape index (κ2) is 5.96. The fourth-order valence-corrected chi connectivity index (χ4v) is 4.01. The number of hydrogen-bond donors (Lipinski definition) is 0. The Hall–Kier alpha value is -0.0800. The maximum atomic E-state index is 2.41. The standard InChI is InChI=1S/C18H38N.H2O/c1-16(2,3)12-19(15-10-11-15,13-17(4,5)6)14-18(7,8)9;/h15H,10-14H2,1-9H3;1H2/q+1;/p-1. The van der Waals surface area contributed by atoms with E-state index in [1.807, 2.05) is 0 Å². The van der Waals surface area contributed by atoms with Gasteiger partial charge in [0.25, 0.3) is 0 Å². The van der Waals surface area contributed by atoms with E-state index >= 15 is 0 Å². The lowest BCUT2D eigenvalue weighted by atomic mass is 9.85. The molecule has 0 radical (unpaired) electrons. The first-order valence-electron chi connectivity index (χ1n) is 8.08. The van der Waals surface area contributed by atoms with Crippen LogP contribution in [0.4, 0.5) is 0 Å². The summed E-state index contributed by atoms with van der Waals surface area (Å²) in [6.07, 6.45) is 2.89. The summed E-state index contributed by atoms with van der Waals surface area (Å²) in [4.78, 5) is 0. The Morgan fingerprint density at radius 3 is 1.05 bits per heavy atom. The molecule has 2 nitrogen and oxygen atoms in total. The first-order valence-corrected chi connectivity index (χ1v) is 8.08. The van der Waals surface area contributed by atoms with Crippen LogP contribution in [0.15, 0.2) is 0 Å². The number of rotatable bonds is 4. The number of quaternary nitrogens is 1. The van der Waals surface area contributed by atoms with E-state index < -0.39 is 0 Å². The van der Waals surface area contributed by atoms with Crippen LogP contribution in [0.5, 0.6) is 0 Å². The number of hydrogen-bond acceptors (Lipinski definition) is 1. The molecule has 1 aliphatic rings. The zero-order chi connectivity index (χ0) is 15.1. The van der Waals surface area contributed by atoms with Gasteiger partial charge in [0.05, 0.1) is 25.7 Å². The quantitative estimate of drug-likeness (QED) is 0.674. The highest BCUT2D eigenvalue weighted by Gasteiger charge is 2.49. The molecule has 0 amide bonds. The van der Waals surface area contributed by atoms with E-state index in [0.29, 0.717) is 16.2 Å². The van der Waals surface area contributed by atoms with Crippen molar-refractivity contribution in [2.45, 2.75) is 81.2 Å². The fourth-order valence-electron chi connectivity index (χ4n) is 4.01. The molecule has 0 unspecified atom stereocenters. The maximum absolute atomic E-state index is 2.41. The Bertz CT molecular complexity index is 256. The maximum Gasteiger partial charge on any atom is 0.0895 e. The van der Waals surface area contributed by atoms with E-state index in [0.717, 1.165) is 6.04 Å². The van der Waals surface area contributed by atoms with Gasteiger partial charge in [-0.1, -0.05) is 62.3 Å². The second-order valence-corrected chi connectivity index (χ2v) is 10.6. The monoisotopic (exact) mass is 285 g/mol. The van der Waals surface area contributed by atoms with Gasteiger partial charge in [-0.05, 0) is 0 Å². The molecule has 0 atom stereocenters. The predicted octanol–water partition coefficient (Wildman–Crippen LogP) is 4.93. The largest absolute Gasteiger partial charge is 0.870 e. The lowest BCUT2D eigenvalue weighted by molar-refractivity contribution is -0.954. The average molecular weight is 286 g/mol. The summed E-state index contributed by atoms with van der Waals surface area (Å²) in [5.74, 6) is 0. The lowest BCUT2D eigenvalue weighted by Crippen LogP contribution is -2.60. The third-order valence-electron chi connectivity index (χ3n) is 3.69. The molecule has 0 aromatic rings. The van der Waals surface area contributed by atoms with Gasteiger partial charge in [-0.25, -0.2) is 0 Å².